The molecular formula is C16H16BrNOS. The van der Waals surface area contributed by atoms with E-state index in [1.807, 2.05) is 55.6 Å². The van der Waals surface area contributed by atoms with Crippen molar-refractivity contribution < 1.29 is 4.79 Å². The summed E-state index contributed by atoms with van der Waals surface area (Å²) in [5.41, 5.74) is 2.11. The Balaban J connectivity index is 1.99. The molecule has 0 radical (unpaired) electrons. The molecule has 0 aliphatic rings. The van der Waals surface area contributed by atoms with Crippen LogP contribution in [0, 0.1) is 0 Å². The summed E-state index contributed by atoms with van der Waals surface area (Å²) < 4.78 is 1.03. The smallest absolute Gasteiger partial charge is 0.227 e. The molecule has 0 unspecified atom stereocenters. The summed E-state index contributed by atoms with van der Waals surface area (Å²) in [5.74, 6) is 0.104. The standard InChI is InChI=1S/C16H16BrNOS/c1-18(11-13-4-2-3-5-15(13)17)16(19)10-12-6-8-14(20)9-7-12/h2-9,20H,10-11H2,1H3. The van der Waals surface area contributed by atoms with Crippen molar-refractivity contribution in [1.29, 1.82) is 0 Å². The number of benzene rings is 2. The summed E-state index contributed by atoms with van der Waals surface area (Å²) in [7, 11) is 1.83. The van der Waals surface area contributed by atoms with Gasteiger partial charge in [0.15, 0.2) is 0 Å². The summed E-state index contributed by atoms with van der Waals surface area (Å²) in [6.07, 6.45) is 0.412. The molecule has 0 spiro atoms. The first kappa shape index (κ1) is 15.1. The molecule has 0 heterocycles. The highest BCUT2D eigenvalue weighted by atomic mass is 79.9. The molecule has 104 valence electrons. The maximum absolute atomic E-state index is 12.2. The third kappa shape index (κ3) is 4.12. The monoisotopic (exact) mass is 349 g/mol. The van der Waals surface area contributed by atoms with Gasteiger partial charge in [0.1, 0.15) is 0 Å². The van der Waals surface area contributed by atoms with Crippen LogP contribution < -0.4 is 0 Å². The highest BCUT2D eigenvalue weighted by Crippen LogP contribution is 2.18. The second-order valence-electron chi connectivity index (χ2n) is 4.68. The van der Waals surface area contributed by atoms with Gasteiger partial charge in [0, 0.05) is 23.0 Å². The molecule has 0 bridgehead atoms. The molecule has 0 saturated heterocycles. The summed E-state index contributed by atoms with van der Waals surface area (Å²) in [5, 5.41) is 0. The highest BCUT2D eigenvalue weighted by molar-refractivity contribution is 9.10. The van der Waals surface area contributed by atoms with Gasteiger partial charge in [-0.3, -0.25) is 4.79 Å². The first-order valence-electron chi connectivity index (χ1n) is 6.31. The average Bonchev–Trinajstić information content (AvgIpc) is 2.44. The third-order valence-electron chi connectivity index (χ3n) is 3.08. The first-order valence-corrected chi connectivity index (χ1v) is 7.55. The minimum atomic E-state index is 0.104. The van der Waals surface area contributed by atoms with Gasteiger partial charge >= 0.3 is 0 Å². The highest BCUT2D eigenvalue weighted by Gasteiger charge is 2.11. The largest absolute Gasteiger partial charge is 0.341 e. The summed E-state index contributed by atoms with van der Waals surface area (Å²) >= 11 is 7.74. The zero-order valence-electron chi connectivity index (χ0n) is 11.2. The van der Waals surface area contributed by atoms with E-state index >= 15 is 0 Å². The van der Waals surface area contributed by atoms with Crippen LogP contribution in [0.5, 0.6) is 0 Å². The van der Waals surface area contributed by atoms with Crippen molar-refractivity contribution in [3.63, 3.8) is 0 Å². The Hall–Kier alpha value is -1.26. The van der Waals surface area contributed by atoms with Gasteiger partial charge in [0.2, 0.25) is 5.91 Å². The van der Waals surface area contributed by atoms with E-state index in [9.17, 15) is 4.79 Å². The van der Waals surface area contributed by atoms with Gasteiger partial charge in [0.05, 0.1) is 6.42 Å². The van der Waals surface area contributed by atoms with E-state index in [2.05, 4.69) is 28.6 Å². The van der Waals surface area contributed by atoms with E-state index in [1.165, 1.54) is 0 Å². The SMILES string of the molecule is CN(Cc1ccccc1Br)C(=O)Cc1ccc(S)cc1. The number of nitrogens with zero attached hydrogens (tertiary/aromatic N) is 1. The van der Waals surface area contributed by atoms with E-state index in [0.29, 0.717) is 13.0 Å². The molecular weight excluding hydrogens is 334 g/mol. The lowest BCUT2D eigenvalue weighted by atomic mass is 10.1. The lowest BCUT2D eigenvalue weighted by molar-refractivity contribution is -0.129. The Bertz CT molecular complexity index is 598. The maximum atomic E-state index is 12.2. The van der Waals surface area contributed by atoms with Crippen molar-refractivity contribution in [1.82, 2.24) is 4.90 Å². The van der Waals surface area contributed by atoms with Crippen molar-refractivity contribution in [2.24, 2.45) is 0 Å². The van der Waals surface area contributed by atoms with Crippen LogP contribution in [0.2, 0.25) is 0 Å². The van der Waals surface area contributed by atoms with E-state index in [1.54, 1.807) is 4.90 Å². The number of hydrogen-bond donors (Lipinski definition) is 1. The molecule has 4 heteroatoms. The second-order valence-corrected chi connectivity index (χ2v) is 6.06. The van der Waals surface area contributed by atoms with Crippen LogP contribution in [0.15, 0.2) is 57.9 Å². The van der Waals surface area contributed by atoms with Gasteiger partial charge in [-0.15, -0.1) is 12.6 Å². The van der Waals surface area contributed by atoms with E-state index in [0.717, 1.165) is 20.5 Å². The zero-order valence-corrected chi connectivity index (χ0v) is 13.7. The van der Waals surface area contributed by atoms with Crippen LogP contribution in [0.3, 0.4) is 0 Å². The Morgan fingerprint density at radius 3 is 2.45 bits per heavy atom. The number of hydrogen-bond acceptors (Lipinski definition) is 2. The topological polar surface area (TPSA) is 20.3 Å². The van der Waals surface area contributed by atoms with E-state index < -0.39 is 0 Å². The maximum Gasteiger partial charge on any atom is 0.227 e. The van der Waals surface area contributed by atoms with Gasteiger partial charge in [-0.2, -0.15) is 0 Å². The Morgan fingerprint density at radius 2 is 1.80 bits per heavy atom. The molecule has 0 aromatic heterocycles. The number of amides is 1. The first-order chi connectivity index (χ1) is 9.56. The fourth-order valence-electron chi connectivity index (χ4n) is 1.89. The lowest BCUT2D eigenvalue weighted by Crippen LogP contribution is -2.27. The lowest BCUT2D eigenvalue weighted by Gasteiger charge is -2.18. The number of carbonyl (C=O) groups is 1. The molecule has 0 atom stereocenters. The molecule has 0 N–H and O–H groups in total. The minimum Gasteiger partial charge on any atom is -0.341 e. The summed E-state index contributed by atoms with van der Waals surface area (Å²) in [6, 6.07) is 15.6. The predicted molar refractivity (Wildman–Crippen MR) is 88.0 cm³/mol. The zero-order chi connectivity index (χ0) is 14.5. The Labute approximate surface area is 133 Å². The van der Waals surface area contributed by atoms with Crippen LogP contribution in [0.4, 0.5) is 0 Å². The molecule has 0 saturated carbocycles. The molecule has 2 aromatic rings. The van der Waals surface area contributed by atoms with Crippen molar-refractivity contribution in [2.75, 3.05) is 7.05 Å². The van der Waals surface area contributed by atoms with Crippen LogP contribution >= 0.6 is 28.6 Å². The number of carbonyl (C=O) groups excluding carboxylic acids is 1. The fraction of sp³-hybridized carbons (Fsp3) is 0.188. The minimum absolute atomic E-state index is 0.104. The number of rotatable bonds is 4. The summed E-state index contributed by atoms with van der Waals surface area (Å²) in [6.45, 7) is 0.602. The Morgan fingerprint density at radius 1 is 1.15 bits per heavy atom. The van der Waals surface area contributed by atoms with Gasteiger partial charge < -0.3 is 4.90 Å². The Kier molecular flexibility index (Phi) is 5.26. The van der Waals surface area contributed by atoms with E-state index in [4.69, 9.17) is 0 Å². The molecule has 0 aliphatic heterocycles. The quantitative estimate of drug-likeness (QED) is 0.829. The second kappa shape index (κ2) is 6.95. The van der Waals surface area contributed by atoms with Crippen molar-refractivity contribution in [3.8, 4) is 0 Å². The molecule has 0 fully saturated rings. The van der Waals surface area contributed by atoms with Gasteiger partial charge in [-0.25, -0.2) is 0 Å². The van der Waals surface area contributed by atoms with Crippen LogP contribution in [0.25, 0.3) is 0 Å². The predicted octanol–water partition coefficient (Wildman–Crippen LogP) is 3.94. The molecule has 1 amide bonds. The van der Waals surface area contributed by atoms with Crippen molar-refractivity contribution >= 4 is 34.5 Å². The molecule has 2 rings (SSSR count). The summed E-state index contributed by atoms with van der Waals surface area (Å²) in [4.78, 5) is 14.9. The number of likely N-dealkylation sites (N-methyl/N-ethyl adjacent to an activating group) is 1. The van der Waals surface area contributed by atoms with Crippen molar-refractivity contribution in [3.05, 3.63) is 64.1 Å². The van der Waals surface area contributed by atoms with Gasteiger partial charge in [0.25, 0.3) is 0 Å². The molecule has 0 aliphatic carbocycles. The average molecular weight is 350 g/mol. The molecule has 2 aromatic carbocycles. The number of thiol groups is 1. The normalized spacial score (nSPS) is 10.3. The van der Waals surface area contributed by atoms with E-state index in [-0.39, 0.29) is 5.91 Å². The van der Waals surface area contributed by atoms with Crippen LogP contribution in [0.1, 0.15) is 11.1 Å². The molecule has 20 heavy (non-hydrogen) atoms. The number of halogens is 1. The van der Waals surface area contributed by atoms with Gasteiger partial charge in [-0.05, 0) is 29.3 Å². The van der Waals surface area contributed by atoms with Crippen molar-refractivity contribution in [2.45, 2.75) is 17.9 Å². The van der Waals surface area contributed by atoms with Crippen LogP contribution in [-0.4, -0.2) is 17.9 Å². The van der Waals surface area contributed by atoms with Crippen LogP contribution in [-0.2, 0) is 17.8 Å². The fourth-order valence-corrected chi connectivity index (χ4v) is 2.45. The third-order valence-corrected chi connectivity index (χ3v) is 4.15. The van der Waals surface area contributed by atoms with Gasteiger partial charge in [-0.1, -0.05) is 46.3 Å². The molecule has 2 nitrogen and oxygen atoms in total.